The molecule has 0 aliphatic carbocycles. The van der Waals surface area contributed by atoms with Gasteiger partial charge in [-0.15, -0.1) is 0 Å². The van der Waals surface area contributed by atoms with Gasteiger partial charge < -0.3 is 10.2 Å². The molecule has 2 aliphatic rings. The second-order valence-electron chi connectivity index (χ2n) is 9.48. The molecule has 0 atom stereocenters. The van der Waals surface area contributed by atoms with Crippen LogP contribution in [0.4, 0.5) is 10.5 Å². The number of carbonyl (C=O) groups is 1. The topological polar surface area (TPSA) is 35.6 Å². The van der Waals surface area contributed by atoms with Crippen molar-refractivity contribution in [3.05, 3.63) is 76.8 Å². The van der Waals surface area contributed by atoms with Crippen molar-refractivity contribution in [2.75, 3.05) is 31.5 Å². The third kappa shape index (κ3) is 5.51. The number of halogens is 1. The van der Waals surface area contributed by atoms with E-state index in [4.69, 9.17) is 11.6 Å². The molecule has 0 bridgehead atoms. The van der Waals surface area contributed by atoms with E-state index in [0.29, 0.717) is 5.92 Å². The van der Waals surface area contributed by atoms with Gasteiger partial charge in [-0.3, -0.25) is 4.90 Å². The highest BCUT2D eigenvalue weighted by Gasteiger charge is 2.24. The van der Waals surface area contributed by atoms with Crippen LogP contribution in [0.25, 0.3) is 10.8 Å². The number of piperidine rings is 2. The summed E-state index contributed by atoms with van der Waals surface area (Å²) < 4.78 is 0. The highest BCUT2D eigenvalue weighted by Crippen LogP contribution is 2.29. The zero-order valence-corrected chi connectivity index (χ0v) is 19.9. The SMILES string of the molecule is O=C(Nc1ccc2cc(CN3CCCCC3)ccc2c1)N1CCC(c2ccc(Cl)cc2)CC1. The average molecular weight is 462 g/mol. The van der Waals surface area contributed by atoms with Crippen molar-refractivity contribution in [1.82, 2.24) is 9.80 Å². The van der Waals surface area contributed by atoms with Gasteiger partial charge in [0, 0.05) is 30.3 Å². The van der Waals surface area contributed by atoms with Crippen molar-refractivity contribution in [2.45, 2.75) is 44.6 Å². The van der Waals surface area contributed by atoms with E-state index in [-0.39, 0.29) is 6.03 Å². The molecule has 1 N–H and O–H groups in total. The number of rotatable bonds is 4. The zero-order valence-electron chi connectivity index (χ0n) is 19.1. The highest BCUT2D eigenvalue weighted by molar-refractivity contribution is 6.30. The predicted octanol–water partition coefficient (Wildman–Crippen LogP) is 6.89. The lowest BCUT2D eigenvalue weighted by Crippen LogP contribution is -2.40. The Morgan fingerprint density at radius 3 is 2.30 bits per heavy atom. The number of benzene rings is 3. The van der Waals surface area contributed by atoms with Crippen LogP contribution >= 0.6 is 11.6 Å². The summed E-state index contributed by atoms with van der Waals surface area (Å²) >= 11 is 6.01. The lowest BCUT2D eigenvalue weighted by atomic mass is 9.89. The van der Waals surface area contributed by atoms with Crippen LogP contribution in [0.2, 0.25) is 5.02 Å². The molecule has 0 unspecified atom stereocenters. The van der Waals surface area contributed by atoms with Gasteiger partial charge in [-0.2, -0.15) is 0 Å². The van der Waals surface area contributed by atoms with Crippen molar-refractivity contribution in [3.63, 3.8) is 0 Å². The minimum absolute atomic E-state index is 0.00868. The molecule has 3 aromatic rings. The molecule has 2 saturated heterocycles. The maximum Gasteiger partial charge on any atom is 0.321 e. The summed E-state index contributed by atoms with van der Waals surface area (Å²) in [6, 6.07) is 21.0. The van der Waals surface area contributed by atoms with Gasteiger partial charge in [0.25, 0.3) is 0 Å². The van der Waals surface area contributed by atoms with Crippen LogP contribution in [-0.2, 0) is 6.54 Å². The van der Waals surface area contributed by atoms with Gasteiger partial charge in [-0.25, -0.2) is 4.79 Å². The van der Waals surface area contributed by atoms with Gasteiger partial charge in [-0.05, 0) is 96.9 Å². The molecule has 4 nitrogen and oxygen atoms in total. The molecule has 0 aromatic heterocycles. The van der Waals surface area contributed by atoms with Crippen molar-refractivity contribution >= 4 is 34.1 Å². The molecule has 0 radical (unpaired) electrons. The van der Waals surface area contributed by atoms with Gasteiger partial charge in [0.15, 0.2) is 0 Å². The number of hydrogen-bond donors (Lipinski definition) is 1. The van der Waals surface area contributed by atoms with Gasteiger partial charge in [0.1, 0.15) is 0 Å². The van der Waals surface area contributed by atoms with Crippen LogP contribution in [0, 0.1) is 0 Å². The lowest BCUT2D eigenvalue weighted by Gasteiger charge is -2.32. The van der Waals surface area contributed by atoms with E-state index in [1.54, 1.807) is 0 Å². The Labute approximate surface area is 201 Å². The third-order valence-corrected chi connectivity index (χ3v) is 7.39. The number of urea groups is 1. The average Bonchev–Trinajstić information content (AvgIpc) is 2.85. The number of nitrogens with zero attached hydrogens (tertiary/aromatic N) is 2. The van der Waals surface area contributed by atoms with Crippen LogP contribution < -0.4 is 5.32 Å². The Kier molecular flexibility index (Phi) is 6.84. The molecule has 5 heteroatoms. The molecular weight excluding hydrogens is 430 g/mol. The largest absolute Gasteiger partial charge is 0.324 e. The van der Waals surface area contributed by atoms with Crippen LogP contribution in [0.15, 0.2) is 60.7 Å². The van der Waals surface area contributed by atoms with E-state index in [9.17, 15) is 4.79 Å². The summed E-state index contributed by atoms with van der Waals surface area (Å²) in [6.45, 7) is 4.99. The van der Waals surface area contributed by atoms with Crippen molar-refractivity contribution in [1.29, 1.82) is 0 Å². The lowest BCUT2D eigenvalue weighted by molar-refractivity contribution is 0.194. The quantitative estimate of drug-likeness (QED) is 0.459. The Bertz CT molecular complexity index is 1100. The molecule has 2 aliphatic heterocycles. The monoisotopic (exact) mass is 461 g/mol. The molecule has 0 spiro atoms. The minimum atomic E-state index is -0.00868. The Morgan fingerprint density at radius 2 is 1.55 bits per heavy atom. The standard InChI is InChI=1S/C28H32ClN3O/c29-26-9-6-22(7-10-26)23-12-16-32(17-13-23)28(33)30-27-11-8-24-18-21(4-5-25(24)19-27)20-31-14-2-1-3-15-31/h4-11,18-19,23H,1-3,12-17,20H2,(H,30,33). The van der Waals surface area contributed by atoms with Gasteiger partial charge >= 0.3 is 6.03 Å². The number of hydrogen-bond acceptors (Lipinski definition) is 2. The number of likely N-dealkylation sites (tertiary alicyclic amines) is 2. The van der Waals surface area contributed by atoms with E-state index < -0.39 is 0 Å². The Balaban J connectivity index is 1.18. The summed E-state index contributed by atoms with van der Waals surface area (Å²) in [5, 5.41) is 6.27. The van der Waals surface area contributed by atoms with E-state index >= 15 is 0 Å². The summed E-state index contributed by atoms with van der Waals surface area (Å²) in [5.74, 6) is 0.492. The fourth-order valence-corrected chi connectivity index (χ4v) is 5.33. The fraction of sp³-hybridized carbons (Fsp3) is 0.393. The van der Waals surface area contributed by atoms with Crippen molar-refractivity contribution in [2.24, 2.45) is 0 Å². The normalized spacial score (nSPS) is 17.9. The van der Waals surface area contributed by atoms with Crippen molar-refractivity contribution in [3.8, 4) is 0 Å². The fourth-order valence-electron chi connectivity index (χ4n) is 5.20. The molecule has 33 heavy (non-hydrogen) atoms. The van der Waals surface area contributed by atoms with E-state index in [1.807, 2.05) is 23.1 Å². The summed E-state index contributed by atoms with van der Waals surface area (Å²) in [7, 11) is 0. The van der Waals surface area contributed by atoms with E-state index in [0.717, 1.165) is 48.6 Å². The first-order valence-electron chi connectivity index (χ1n) is 12.2. The zero-order chi connectivity index (χ0) is 22.6. The molecule has 3 aromatic carbocycles. The maximum atomic E-state index is 12.9. The summed E-state index contributed by atoms with van der Waals surface area (Å²) in [4.78, 5) is 17.3. The second-order valence-corrected chi connectivity index (χ2v) is 9.91. The first-order chi connectivity index (χ1) is 16.1. The molecule has 172 valence electrons. The Hall–Kier alpha value is -2.56. The highest BCUT2D eigenvalue weighted by atomic mass is 35.5. The number of anilines is 1. The van der Waals surface area contributed by atoms with Crippen LogP contribution in [0.5, 0.6) is 0 Å². The first kappa shape index (κ1) is 22.2. The summed E-state index contributed by atoms with van der Waals surface area (Å²) in [6.07, 6.45) is 5.95. The molecule has 2 fully saturated rings. The number of amides is 2. The number of fused-ring (bicyclic) bond motifs is 1. The third-order valence-electron chi connectivity index (χ3n) is 7.13. The maximum absolute atomic E-state index is 12.9. The number of nitrogens with one attached hydrogen (secondary N) is 1. The second kappa shape index (κ2) is 10.1. The number of carbonyl (C=O) groups excluding carboxylic acids is 1. The molecule has 2 amide bonds. The summed E-state index contributed by atoms with van der Waals surface area (Å²) in [5.41, 5.74) is 3.54. The van der Waals surface area contributed by atoms with Crippen molar-refractivity contribution < 1.29 is 4.79 Å². The predicted molar refractivity (Wildman–Crippen MR) is 137 cm³/mol. The molecule has 2 heterocycles. The van der Waals surface area contributed by atoms with Gasteiger partial charge in [-0.1, -0.05) is 48.4 Å². The van der Waals surface area contributed by atoms with Gasteiger partial charge in [0.05, 0.1) is 0 Å². The van der Waals surface area contributed by atoms with E-state index in [2.05, 4.69) is 52.7 Å². The molecular formula is C28H32ClN3O. The molecule has 5 rings (SSSR count). The smallest absolute Gasteiger partial charge is 0.321 e. The van der Waals surface area contributed by atoms with Crippen LogP contribution in [0.1, 0.15) is 49.1 Å². The van der Waals surface area contributed by atoms with E-state index in [1.165, 1.54) is 48.9 Å². The van der Waals surface area contributed by atoms with Crippen LogP contribution in [-0.4, -0.2) is 42.0 Å². The Morgan fingerprint density at radius 1 is 0.848 bits per heavy atom. The van der Waals surface area contributed by atoms with Crippen LogP contribution in [0.3, 0.4) is 0 Å². The minimum Gasteiger partial charge on any atom is -0.324 e. The molecule has 0 saturated carbocycles. The van der Waals surface area contributed by atoms with Gasteiger partial charge in [0.2, 0.25) is 0 Å². The first-order valence-corrected chi connectivity index (χ1v) is 12.6.